The van der Waals surface area contributed by atoms with Gasteiger partial charge >= 0.3 is 0 Å². The Kier molecular flexibility index (Phi) is 3.42. The first-order valence-corrected chi connectivity index (χ1v) is 8.21. The Bertz CT molecular complexity index is 495. The number of rotatable bonds is 2. The number of nitrogens with two attached hydrogens (primary N) is 1. The Morgan fingerprint density at radius 3 is 2.88 bits per heavy atom. The van der Waals surface area contributed by atoms with E-state index in [1.165, 1.54) is 0 Å². The van der Waals surface area contributed by atoms with Gasteiger partial charge in [0.1, 0.15) is 0 Å². The van der Waals surface area contributed by atoms with Crippen molar-refractivity contribution in [3.63, 3.8) is 0 Å². The zero-order valence-corrected chi connectivity index (χ0v) is 11.6. The fourth-order valence-electron chi connectivity index (χ4n) is 1.90. The first kappa shape index (κ1) is 12.8. The third-order valence-electron chi connectivity index (χ3n) is 2.88. The summed E-state index contributed by atoms with van der Waals surface area (Å²) in [6.07, 6.45) is 1.78. The zero-order chi connectivity index (χ0) is 12.6. The minimum Gasteiger partial charge on any atom is -0.343 e. The molecular weight excluding hydrogens is 258 g/mol. The van der Waals surface area contributed by atoms with Gasteiger partial charge in [-0.05, 0) is 13.8 Å². The molecule has 5 nitrogen and oxygen atoms in total. The summed E-state index contributed by atoms with van der Waals surface area (Å²) < 4.78 is 23.0. The van der Waals surface area contributed by atoms with E-state index in [4.69, 9.17) is 5.73 Å². The highest BCUT2D eigenvalue weighted by Crippen LogP contribution is 2.29. The van der Waals surface area contributed by atoms with Crippen LogP contribution in [0.15, 0.2) is 6.20 Å². The third-order valence-corrected chi connectivity index (χ3v) is 5.91. The van der Waals surface area contributed by atoms with E-state index >= 15 is 0 Å². The molecule has 0 aromatic carbocycles. The van der Waals surface area contributed by atoms with Crippen LogP contribution in [0.3, 0.4) is 0 Å². The van der Waals surface area contributed by atoms with E-state index in [0.29, 0.717) is 6.54 Å². The van der Waals surface area contributed by atoms with Crippen LogP contribution < -0.4 is 10.6 Å². The zero-order valence-electron chi connectivity index (χ0n) is 9.96. The van der Waals surface area contributed by atoms with Crippen LogP contribution in [0, 0.1) is 0 Å². The molecule has 96 valence electrons. The Morgan fingerprint density at radius 2 is 2.35 bits per heavy atom. The van der Waals surface area contributed by atoms with E-state index in [0.717, 1.165) is 10.0 Å². The molecule has 1 aliphatic rings. The Balaban J connectivity index is 2.17. The summed E-state index contributed by atoms with van der Waals surface area (Å²) in [6.45, 7) is 4.36. The minimum atomic E-state index is -2.87. The van der Waals surface area contributed by atoms with Crippen LogP contribution in [0.2, 0.25) is 0 Å². The van der Waals surface area contributed by atoms with Crippen molar-refractivity contribution in [3.8, 4) is 0 Å². The van der Waals surface area contributed by atoms with E-state index in [2.05, 4.69) is 9.88 Å². The predicted octanol–water partition coefficient (Wildman–Crippen LogP) is 0.786. The second-order valence-electron chi connectivity index (χ2n) is 4.49. The highest BCUT2D eigenvalue weighted by atomic mass is 32.2. The highest BCUT2D eigenvalue weighted by molar-refractivity contribution is 7.91. The van der Waals surface area contributed by atoms with E-state index in [-0.39, 0.29) is 23.6 Å². The molecule has 2 rings (SSSR count). The largest absolute Gasteiger partial charge is 0.343 e. The maximum atomic E-state index is 11.5. The summed E-state index contributed by atoms with van der Waals surface area (Å²) in [5, 5.41) is 0.875. The van der Waals surface area contributed by atoms with Gasteiger partial charge in [-0.1, -0.05) is 0 Å². The average Bonchev–Trinajstić information content (AvgIpc) is 2.65. The normalized spacial score (nSPS) is 25.8. The van der Waals surface area contributed by atoms with Gasteiger partial charge < -0.3 is 10.6 Å². The predicted molar refractivity (Wildman–Crippen MR) is 70.2 cm³/mol. The Labute approximate surface area is 106 Å². The Hall–Kier alpha value is -0.660. The fourth-order valence-corrected chi connectivity index (χ4v) is 4.46. The van der Waals surface area contributed by atoms with Crippen molar-refractivity contribution in [2.24, 2.45) is 5.73 Å². The number of aromatic nitrogens is 1. The quantitative estimate of drug-likeness (QED) is 0.863. The van der Waals surface area contributed by atoms with Crippen molar-refractivity contribution >= 4 is 26.3 Å². The summed E-state index contributed by atoms with van der Waals surface area (Å²) >= 11 is 1.55. The van der Waals surface area contributed by atoms with Crippen molar-refractivity contribution in [1.82, 2.24) is 4.98 Å². The van der Waals surface area contributed by atoms with Crippen LogP contribution in [0.1, 0.15) is 24.8 Å². The number of nitrogens with zero attached hydrogens (tertiary/aromatic N) is 2. The van der Waals surface area contributed by atoms with Gasteiger partial charge in [0.05, 0.1) is 11.5 Å². The van der Waals surface area contributed by atoms with Gasteiger partial charge in [-0.25, -0.2) is 13.4 Å². The van der Waals surface area contributed by atoms with E-state index in [1.807, 2.05) is 13.8 Å². The van der Waals surface area contributed by atoms with Gasteiger partial charge in [-0.3, -0.25) is 0 Å². The molecule has 2 unspecified atom stereocenters. The molecule has 7 heteroatoms. The molecule has 1 aromatic rings. The van der Waals surface area contributed by atoms with Crippen molar-refractivity contribution in [2.75, 3.05) is 23.0 Å². The molecule has 0 bridgehead atoms. The Morgan fingerprint density at radius 1 is 1.65 bits per heavy atom. The lowest BCUT2D eigenvalue weighted by atomic mass is 10.3. The van der Waals surface area contributed by atoms with Crippen LogP contribution in [0.5, 0.6) is 0 Å². The number of hydrogen-bond acceptors (Lipinski definition) is 6. The van der Waals surface area contributed by atoms with Crippen LogP contribution in [0.4, 0.5) is 5.13 Å². The second kappa shape index (κ2) is 4.55. The molecule has 2 atom stereocenters. The second-order valence-corrected chi connectivity index (χ2v) is 7.76. The maximum Gasteiger partial charge on any atom is 0.185 e. The van der Waals surface area contributed by atoms with E-state index in [1.54, 1.807) is 17.5 Å². The topological polar surface area (TPSA) is 76.3 Å². The SMILES string of the molecule is CC(N)c1cnc(N2CCS(=O)(=O)CC2C)s1. The third kappa shape index (κ3) is 2.78. The number of sulfone groups is 1. The van der Waals surface area contributed by atoms with Crippen LogP contribution in [-0.2, 0) is 9.84 Å². The standard InChI is InChI=1S/C10H17N3O2S2/c1-7-6-17(14,15)4-3-13(7)10-12-5-9(16-10)8(2)11/h5,7-8H,3-4,6,11H2,1-2H3. The van der Waals surface area contributed by atoms with Crippen molar-refractivity contribution in [1.29, 1.82) is 0 Å². The molecular formula is C10H17N3O2S2. The lowest BCUT2D eigenvalue weighted by Gasteiger charge is -2.32. The van der Waals surface area contributed by atoms with Gasteiger partial charge in [0.15, 0.2) is 15.0 Å². The van der Waals surface area contributed by atoms with Crippen LogP contribution in [0.25, 0.3) is 0 Å². The highest BCUT2D eigenvalue weighted by Gasteiger charge is 2.29. The molecule has 0 amide bonds. The molecule has 2 N–H and O–H groups in total. The van der Waals surface area contributed by atoms with Crippen molar-refractivity contribution in [2.45, 2.75) is 25.9 Å². The first-order chi connectivity index (χ1) is 7.89. The van der Waals surface area contributed by atoms with Gasteiger partial charge in [-0.15, -0.1) is 11.3 Å². The summed E-state index contributed by atoms with van der Waals surface area (Å²) in [6, 6.07) is -0.0362. The molecule has 1 saturated heterocycles. The monoisotopic (exact) mass is 275 g/mol. The molecule has 0 saturated carbocycles. The molecule has 1 aromatic heterocycles. The van der Waals surface area contributed by atoms with Crippen LogP contribution >= 0.6 is 11.3 Å². The van der Waals surface area contributed by atoms with Crippen LogP contribution in [-0.4, -0.2) is 37.5 Å². The van der Waals surface area contributed by atoms with Gasteiger partial charge in [0.2, 0.25) is 0 Å². The fraction of sp³-hybridized carbons (Fsp3) is 0.700. The molecule has 0 aliphatic carbocycles. The van der Waals surface area contributed by atoms with Crippen molar-refractivity contribution in [3.05, 3.63) is 11.1 Å². The van der Waals surface area contributed by atoms with Gasteiger partial charge in [-0.2, -0.15) is 0 Å². The molecule has 1 fully saturated rings. The average molecular weight is 275 g/mol. The number of hydrogen-bond donors (Lipinski definition) is 1. The van der Waals surface area contributed by atoms with E-state index in [9.17, 15) is 8.42 Å². The first-order valence-electron chi connectivity index (χ1n) is 5.57. The molecule has 2 heterocycles. The van der Waals surface area contributed by atoms with Gasteiger partial charge in [0.25, 0.3) is 0 Å². The van der Waals surface area contributed by atoms with Crippen molar-refractivity contribution < 1.29 is 8.42 Å². The van der Waals surface area contributed by atoms with E-state index < -0.39 is 9.84 Å². The molecule has 1 aliphatic heterocycles. The molecule has 0 radical (unpaired) electrons. The summed E-state index contributed by atoms with van der Waals surface area (Å²) in [5.74, 6) is 0.421. The smallest absolute Gasteiger partial charge is 0.185 e. The summed E-state index contributed by atoms with van der Waals surface area (Å²) in [7, 11) is -2.87. The molecule has 17 heavy (non-hydrogen) atoms. The lowest BCUT2D eigenvalue weighted by Crippen LogP contribution is -2.46. The summed E-state index contributed by atoms with van der Waals surface area (Å²) in [5.41, 5.74) is 5.79. The minimum absolute atomic E-state index is 0.0131. The number of thiazole rings is 1. The summed E-state index contributed by atoms with van der Waals surface area (Å²) in [4.78, 5) is 7.41. The maximum absolute atomic E-state index is 11.5. The lowest BCUT2D eigenvalue weighted by molar-refractivity contribution is 0.568. The number of anilines is 1. The molecule has 0 spiro atoms. The van der Waals surface area contributed by atoms with Gasteiger partial charge in [0, 0.05) is 29.7 Å².